The molecule has 4 heterocycles. The largest absolute Gasteiger partial charge is 0.444 e. The van der Waals surface area contributed by atoms with Crippen LogP contribution in [0.1, 0.15) is 55.7 Å². The van der Waals surface area contributed by atoms with Crippen LogP contribution >= 0.6 is 0 Å². The molecule has 1 fully saturated rings. The van der Waals surface area contributed by atoms with E-state index in [4.69, 9.17) is 9.84 Å². The molecule has 12 nitrogen and oxygen atoms in total. The molecule has 12 heteroatoms. The van der Waals surface area contributed by atoms with Crippen LogP contribution in [0.15, 0.2) is 35.3 Å². The van der Waals surface area contributed by atoms with Crippen molar-refractivity contribution in [3.8, 4) is 0 Å². The number of aromatic nitrogens is 6. The lowest BCUT2D eigenvalue weighted by Crippen LogP contribution is -2.41. The van der Waals surface area contributed by atoms with Gasteiger partial charge in [0.2, 0.25) is 0 Å². The number of aromatic amines is 2. The number of likely N-dealkylation sites (tertiary alicyclic amines) is 1. The first-order chi connectivity index (χ1) is 16.7. The molecular weight excluding hydrogens is 452 g/mol. The molecule has 0 spiro atoms. The monoisotopic (exact) mass is 478 g/mol. The van der Waals surface area contributed by atoms with E-state index in [0.29, 0.717) is 48.2 Å². The van der Waals surface area contributed by atoms with Gasteiger partial charge in [-0.05, 0) is 45.7 Å². The first-order valence-electron chi connectivity index (χ1n) is 11.4. The zero-order valence-electron chi connectivity index (χ0n) is 19.7. The molecule has 35 heavy (non-hydrogen) atoms. The lowest BCUT2D eigenvalue weighted by molar-refractivity contribution is 0.0203. The van der Waals surface area contributed by atoms with Crippen LogP contribution in [0.5, 0.6) is 0 Å². The van der Waals surface area contributed by atoms with Crippen LogP contribution in [0, 0.1) is 0 Å². The van der Waals surface area contributed by atoms with Gasteiger partial charge in [-0.1, -0.05) is 6.07 Å². The van der Waals surface area contributed by atoms with Gasteiger partial charge in [0.1, 0.15) is 11.2 Å². The van der Waals surface area contributed by atoms with Crippen LogP contribution in [-0.4, -0.2) is 65.6 Å². The van der Waals surface area contributed by atoms with Crippen LogP contribution in [0.2, 0.25) is 0 Å². The maximum absolute atomic E-state index is 12.6. The highest BCUT2D eigenvalue weighted by Gasteiger charge is 2.29. The average molecular weight is 479 g/mol. The standard InChI is InChI=1S/C23H26N8O4/c1-23(2,3)35-22(34)30-9-7-13(8-10-30)17-11-18(32)26-20-19-14(5-4-6-15(19)28-31(17)20)25-21(33)16-12-24-29-27-16/h4-6,11-13H,7-10H2,1-3H3,(H,25,33)(H,26,32)(H,24,27,29). The number of piperidine rings is 1. The fourth-order valence-corrected chi connectivity index (χ4v) is 4.36. The van der Waals surface area contributed by atoms with Crippen molar-refractivity contribution in [3.63, 3.8) is 0 Å². The van der Waals surface area contributed by atoms with E-state index >= 15 is 0 Å². The summed E-state index contributed by atoms with van der Waals surface area (Å²) in [7, 11) is 0. The molecule has 1 aliphatic rings. The molecule has 0 aliphatic carbocycles. The number of fused-ring (bicyclic) bond motifs is 3. The first-order valence-corrected chi connectivity index (χ1v) is 11.4. The number of H-pyrrole nitrogens is 2. The van der Waals surface area contributed by atoms with Crippen molar-refractivity contribution in [3.05, 3.63) is 52.2 Å². The summed E-state index contributed by atoms with van der Waals surface area (Å²) >= 11 is 0. The summed E-state index contributed by atoms with van der Waals surface area (Å²) in [6, 6.07) is 6.90. The topological polar surface area (TPSA) is 150 Å². The van der Waals surface area contributed by atoms with E-state index < -0.39 is 11.5 Å². The Bertz CT molecular complexity index is 1460. The molecular formula is C23H26N8O4. The number of carbonyl (C=O) groups is 2. The normalized spacial score (nSPS) is 15.0. The molecule has 0 saturated carbocycles. The van der Waals surface area contributed by atoms with Crippen molar-refractivity contribution in [1.29, 1.82) is 0 Å². The molecule has 182 valence electrons. The van der Waals surface area contributed by atoms with Crippen LogP contribution < -0.4 is 10.9 Å². The van der Waals surface area contributed by atoms with E-state index in [0.717, 1.165) is 5.69 Å². The van der Waals surface area contributed by atoms with Crippen molar-refractivity contribution in [2.75, 3.05) is 18.4 Å². The molecule has 0 radical (unpaired) electrons. The molecule has 1 aromatic carbocycles. The highest BCUT2D eigenvalue weighted by atomic mass is 16.6. The lowest BCUT2D eigenvalue weighted by Gasteiger charge is -2.33. The Kier molecular flexibility index (Phi) is 5.50. The van der Waals surface area contributed by atoms with Crippen molar-refractivity contribution in [1.82, 2.24) is 34.9 Å². The van der Waals surface area contributed by atoms with Crippen molar-refractivity contribution in [2.45, 2.75) is 45.1 Å². The van der Waals surface area contributed by atoms with Crippen molar-refractivity contribution >= 4 is 34.2 Å². The number of nitrogens with zero attached hydrogens (tertiary/aromatic N) is 5. The predicted octanol–water partition coefficient (Wildman–Crippen LogP) is 2.66. The smallest absolute Gasteiger partial charge is 0.410 e. The van der Waals surface area contributed by atoms with Gasteiger partial charge in [-0.25, -0.2) is 9.31 Å². The SMILES string of the molecule is CC(C)(C)OC(=O)N1CCC(c2cc(=O)[nH]c3c4c(NC(=O)c5cn[nH]n5)cccc4nn23)CC1. The maximum Gasteiger partial charge on any atom is 0.410 e. The van der Waals surface area contributed by atoms with Crippen LogP contribution in [0.3, 0.4) is 0 Å². The predicted molar refractivity (Wildman–Crippen MR) is 127 cm³/mol. The minimum absolute atomic E-state index is 0.0287. The second kappa shape index (κ2) is 8.53. The molecule has 4 aromatic rings. The highest BCUT2D eigenvalue weighted by molar-refractivity contribution is 6.11. The Hall–Kier alpha value is -4.22. The summed E-state index contributed by atoms with van der Waals surface area (Å²) in [5.74, 6) is -0.403. The number of rotatable bonds is 3. The second-order valence-electron chi connectivity index (χ2n) is 9.57. The average Bonchev–Trinajstić information content (AvgIpc) is 3.46. The van der Waals surface area contributed by atoms with E-state index in [9.17, 15) is 14.4 Å². The molecule has 0 bridgehead atoms. The Morgan fingerprint density at radius 3 is 2.66 bits per heavy atom. The van der Waals surface area contributed by atoms with Gasteiger partial charge in [-0.3, -0.25) is 9.59 Å². The third-order valence-electron chi connectivity index (χ3n) is 5.92. The van der Waals surface area contributed by atoms with Gasteiger partial charge in [0.25, 0.3) is 11.5 Å². The van der Waals surface area contributed by atoms with Gasteiger partial charge < -0.3 is 19.9 Å². The Labute approximate surface area is 199 Å². The van der Waals surface area contributed by atoms with Crippen LogP contribution in [0.25, 0.3) is 16.6 Å². The number of hydrogen-bond acceptors (Lipinski definition) is 7. The molecule has 3 aromatic heterocycles. The fraction of sp³-hybridized carbons (Fsp3) is 0.391. The van der Waals surface area contributed by atoms with Crippen LogP contribution in [-0.2, 0) is 4.74 Å². The third kappa shape index (κ3) is 4.46. The molecule has 1 aliphatic heterocycles. The zero-order chi connectivity index (χ0) is 24.7. The number of amides is 2. The second-order valence-corrected chi connectivity index (χ2v) is 9.57. The van der Waals surface area contributed by atoms with E-state index in [1.807, 2.05) is 26.8 Å². The molecule has 0 atom stereocenters. The van der Waals surface area contributed by atoms with E-state index in [-0.39, 0.29) is 23.3 Å². The van der Waals surface area contributed by atoms with E-state index in [2.05, 4.69) is 25.7 Å². The fourth-order valence-electron chi connectivity index (χ4n) is 4.36. The van der Waals surface area contributed by atoms with Crippen molar-refractivity contribution < 1.29 is 14.3 Å². The van der Waals surface area contributed by atoms with Gasteiger partial charge in [-0.15, -0.1) is 0 Å². The van der Waals surface area contributed by atoms with Gasteiger partial charge in [0, 0.05) is 25.1 Å². The Morgan fingerprint density at radius 1 is 1.20 bits per heavy atom. The molecule has 0 unspecified atom stereocenters. The summed E-state index contributed by atoms with van der Waals surface area (Å²) in [5.41, 5.74) is 1.70. The number of benzene rings is 1. The molecule has 5 rings (SSSR count). The summed E-state index contributed by atoms with van der Waals surface area (Å²) < 4.78 is 7.22. The Morgan fingerprint density at radius 2 is 1.97 bits per heavy atom. The van der Waals surface area contributed by atoms with E-state index in [1.165, 1.54) is 6.20 Å². The summed E-state index contributed by atoms with van der Waals surface area (Å²) in [4.78, 5) is 42.2. The zero-order valence-corrected chi connectivity index (χ0v) is 19.7. The lowest BCUT2D eigenvalue weighted by atomic mass is 9.93. The number of hydrogen-bond donors (Lipinski definition) is 3. The summed E-state index contributed by atoms with van der Waals surface area (Å²) in [6.45, 7) is 6.57. The van der Waals surface area contributed by atoms with Crippen molar-refractivity contribution in [2.24, 2.45) is 0 Å². The first kappa shape index (κ1) is 22.6. The number of anilines is 1. The quantitative estimate of drug-likeness (QED) is 0.409. The number of nitrogens with one attached hydrogen (secondary N) is 3. The minimum Gasteiger partial charge on any atom is -0.444 e. The molecule has 3 N–H and O–H groups in total. The van der Waals surface area contributed by atoms with Gasteiger partial charge in [0.05, 0.1) is 28.5 Å². The third-order valence-corrected chi connectivity index (χ3v) is 5.92. The molecule has 1 saturated heterocycles. The summed E-state index contributed by atoms with van der Waals surface area (Å²) in [5, 5.41) is 18.0. The maximum atomic E-state index is 12.6. The summed E-state index contributed by atoms with van der Waals surface area (Å²) in [6.07, 6.45) is 2.34. The number of ether oxygens (including phenoxy) is 1. The highest BCUT2D eigenvalue weighted by Crippen LogP contribution is 2.32. The Balaban J connectivity index is 1.46. The van der Waals surface area contributed by atoms with Gasteiger partial charge in [0.15, 0.2) is 5.69 Å². The van der Waals surface area contributed by atoms with Gasteiger partial charge >= 0.3 is 6.09 Å². The molecule has 2 amide bonds. The minimum atomic E-state index is -0.553. The number of carbonyl (C=O) groups excluding carboxylic acids is 2. The van der Waals surface area contributed by atoms with Gasteiger partial charge in [-0.2, -0.15) is 20.5 Å². The van der Waals surface area contributed by atoms with E-state index in [1.54, 1.807) is 27.6 Å². The van der Waals surface area contributed by atoms with Crippen LogP contribution in [0.4, 0.5) is 10.5 Å².